The number of benzene rings is 1. The van der Waals surface area contributed by atoms with Crippen LogP contribution >= 0.6 is 0 Å². The van der Waals surface area contributed by atoms with Gasteiger partial charge in [0.25, 0.3) is 0 Å². The van der Waals surface area contributed by atoms with E-state index in [9.17, 15) is 18.0 Å². The van der Waals surface area contributed by atoms with Gasteiger partial charge in [-0.05, 0) is 36.4 Å². The summed E-state index contributed by atoms with van der Waals surface area (Å²) in [4.78, 5) is 14.0. The van der Waals surface area contributed by atoms with E-state index in [1.165, 1.54) is 12.1 Å². The maximum atomic E-state index is 13.0. The molecule has 3 nitrogen and oxygen atoms in total. The van der Waals surface area contributed by atoms with Crippen LogP contribution in [0.1, 0.15) is 36.8 Å². The number of rotatable bonds is 4. The van der Waals surface area contributed by atoms with Crippen LogP contribution in [0.5, 0.6) is 0 Å². The topological polar surface area (TPSA) is 46.3 Å². The predicted octanol–water partition coefficient (Wildman–Crippen LogP) is 3.01. The standard InChI is InChI=1S/C16H21F3N2O/c1-11(8-15(22)21-7-6-12(9-20)10-21)13-4-2-3-5-14(13)16(17,18)19/h2-5,11-12H,6-10,20H2,1H3/t11-,12+/m0/s1. The molecule has 0 unspecified atom stereocenters. The number of hydrogen-bond acceptors (Lipinski definition) is 2. The van der Waals surface area contributed by atoms with Crippen molar-refractivity contribution in [1.82, 2.24) is 4.90 Å². The van der Waals surface area contributed by atoms with Crippen molar-refractivity contribution in [2.75, 3.05) is 19.6 Å². The molecule has 1 aliphatic heterocycles. The van der Waals surface area contributed by atoms with Gasteiger partial charge in [-0.3, -0.25) is 4.79 Å². The Morgan fingerprint density at radius 2 is 2.09 bits per heavy atom. The highest BCUT2D eigenvalue weighted by molar-refractivity contribution is 5.77. The highest BCUT2D eigenvalue weighted by Crippen LogP contribution is 2.36. The van der Waals surface area contributed by atoms with E-state index in [1.807, 2.05) is 0 Å². The molecule has 0 saturated carbocycles. The zero-order valence-corrected chi connectivity index (χ0v) is 12.6. The predicted molar refractivity (Wildman–Crippen MR) is 78.2 cm³/mol. The van der Waals surface area contributed by atoms with Crippen LogP contribution in [-0.2, 0) is 11.0 Å². The van der Waals surface area contributed by atoms with Crippen molar-refractivity contribution in [2.24, 2.45) is 11.7 Å². The molecule has 2 N–H and O–H groups in total. The Balaban J connectivity index is 2.07. The fraction of sp³-hybridized carbons (Fsp3) is 0.562. The van der Waals surface area contributed by atoms with E-state index in [0.29, 0.717) is 25.6 Å². The first-order valence-corrected chi connectivity index (χ1v) is 7.47. The lowest BCUT2D eigenvalue weighted by Crippen LogP contribution is -2.30. The van der Waals surface area contributed by atoms with E-state index in [1.54, 1.807) is 17.9 Å². The van der Waals surface area contributed by atoms with Crippen molar-refractivity contribution in [3.05, 3.63) is 35.4 Å². The zero-order chi connectivity index (χ0) is 16.3. The lowest BCUT2D eigenvalue weighted by Gasteiger charge is -2.21. The smallest absolute Gasteiger partial charge is 0.342 e. The van der Waals surface area contributed by atoms with Crippen molar-refractivity contribution in [2.45, 2.75) is 31.9 Å². The van der Waals surface area contributed by atoms with E-state index in [0.717, 1.165) is 12.5 Å². The van der Waals surface area contributed by atoms with Gasteiger partial charge in [-0.1, -0.05) is 25.1 Å². The molecule has 1 saturated heterocycles. The Morgan fingerprint density at radius 1 is 1.41 bits per heavy atom. The monoisotopic (exact) mass is 314 g/mol. The van der Waals surface area contributed by atoms with Gasteiger partial charge in [0.2, 0.25) is 5.91 Å². The summed E-state index contributed by atoms with van der Waals surface area (Å²) in [6, 6.07) is 5.46. The lowest BCUT2D eigenvalue weighted by atomic mass is 9.92. The Kier molecular flexibility index (Phi) is 5.11. The minimum atomic E-state index is -4.40. The van der Waals surface area contributed by atoms with Crippen LogP contribution in [0, 0.1) is 5.92 Å². The van der Waals surface area contributed by atoms with E-state index >= 15 is 0 Å². The third-order valence-electron chi connectivity index (χ3n) is 4.25. The highest BCUT2D eigenvalue weighted by atomic mass is 19.4. The Bertz CT molecular complexity index is 530. The number of amides is 1. The molecular weight excluding hydrogens is 293 g/mol. The second-order valence-electron chi connectivity index (χ2n) is 5.92. The molecule has 0 bridgehead atoms. The number of likely N-dealkylation sites (tertiary alicyclic amines) is 1. The summed E-state index contributed by atoms with van der Waals surface area (Å²) in [6.45, 7) is 3.46. The summed E-state index contributed by atoms with van der Waals surface area (Å²) in [6.07, 6.45) is -3.44. The van der Waals surface area contributed by atoms with E-state index in [-0.39, 0.29) is 17.9 Å². The van der Waals surface area contributed by atoms with Gasteiger partial charge in [0.05, 0.1) is 5.56 Å². The minimum absolute atomic E-state index is 0.0877. The van der Waals surface area contributed by atoms with Gasteiger partial charge in [0.15, 0.2) is 0 Å². The van der Waals surface area contributed by atoms with Crippen molar-refractivity contribution >= 4 is 5.91 Å². The van der Waals surface area contributed by atoms with Crippen LogP contribution in [0.2, 0.25) is 0 Å². The molecule has 0 radical (unpaired) electrons. The Labute approximate surface area is 128 Å². The van der Waals surface area contributed by atoms with Crippen LogP contribution in [0.25, 0.3) is 0 Å². The van der Waals surface area contributed by atoms with Gasteiger partial charge >= 0.3 is 6.18 Å². The summed E-state index contributed by atoms with van der Waals surface area (Å²) in [5.41, 5.74) is 5.12. The number of halogens is 3. The molecule has 22 heavy (non-hydrogen) atoms. The number of nitrogens with two attached hydrogens (primary N) is 1. The molecule has 1 aliphatic rings. The summed E-state index contributed by atoms with van der Waals surface area (Å²) < 4.78 is 39.1. The van der Waals surface area contributed by atoms with Crippen LogP contribution in [0.3, 0.4) is 0 Å². The maximum absolute atomic E-state index is 13.0. The largest absolute Gasteiger partial charge is 0.416 e. The number of carbonyl (C=O) groups excluding carboxylic acids is 1. The van der Waals surface area contributed by atoms with E-state index < -0.39 is 17.7 Å². The van der Waals surface area contributed by atoms with Crippen molar-refractivity contribution in [1.29, 1.82) is 0 Å². The molecule has 1 aromatic rings. The maximum Gasteiger partial charge on any atom is 0.416 e. The molecule has 0 aromatic heterocycles. The summed E-state index contributed by atoms with van der Waals surface area (Å²) in [7, 11) is 0. The molecule has 6 heteroatoms. The second kappa shape index (κ2) is 6.69. The third-order valence-corrected chi connectivity index (χ3v) is 4.25. The summed E-state index contributed by atoms with van der Waals surface area (Å²) in [5.74, 6) is -0.260. The molecule has 1 aromatic carbocycles. The molecule has 2 atom stereocenters. The quantitative estimate of drug-likeness (QED) is 0.928. The van der Waals surface area contributed by atoms with Crippen LogP contribution in [-0.4, -0.2) is 30.4 Å². The first-order chi connectivity index (χ1) is 10.3. The number of hydrogen-bond donors (Lipinski definition) is 1. The van der Waals surface area contributed by atoms with Gasteiger partial charge in [0, 0.05) is 19.5 Å². The second-order valence-corrected chi connectivity index (χ2v) is 5.92. The van der Waals surface area contributed by atoms with Crippen molar-refractivity contribution in [3.63, 3.8) is 0 Å². The first-order valence-electron chi connectivity index (χ1n) is 7.47. The number of nitrogens with zero attached hydrogens (tertiary/aromatic N) is 1. The number of alkyl halides is 3. The highest BCUT2D eigenvalue weighted by Gasteiger charge is 2.35. The molecule has 0 aliphatic carbocycles. The van der Waals surface area contributed by atoms with Gasteiger partial charge in [-0.2, -0.15) is 13.2 Å². The van der Waals surface area contributed by atoms with E-state index in [2.05, 4.69) is 0 Å². The van der Waals surface area contributed by atoms with Crippen molar-refractivity contribution < 1.29 is 18.0 Å². The molecule has 122 valence electrons. The summed E-state index contributed by atoms with van der Waals surface area (Å²) in [5, 5.41) is 0. The normalized spacial score (nSPS) is 20.2. The average Bonchev–Trinajstić information content (AvgIpc) is 2.95. The third kappa shape index (κ3) is 3.80. The van der Waals surface area contributed by atoms with Crippen LogP contribution in [0.4, 0.5) is 13.2 Å². The Hall–Kier alpha value is -1.56. The lowest BCUT2D eigenvalue weighted by molar-refractivity contribution is -0.139. The Morgan fingerprint density at radius 3 is 2.68 bits per heavy atom. The van der Waals surface area contributed by atoms with Gasteiger partial charge in [0.1, 0.15) is 0 Å². The molecule has 2 rings (SSSR count). The summed E-state index contributed by atoms with van der Waals surface area (Å²) >= 11 is 0. The number of carbonyl (C=O) groups is 1. The molecule has 1 fully saturated rings. The first kappa shape index (κ1) is 16.8. The fourth-order valence-corrected chi connectivity index (χ4v) is 2.94. The van der Waals surface area contributed by atoms with Crippen LogP contribution in [0.15, 0.2) is 24.3 Å². The molecular formula is C16H21F3N2O. The zero-order valence-electron chi connectivity index (χ0n) is 12.6. The average molecular weight is 314 g/mol. The van der Waals surface area contributed by atoms with Gasteiger partial charge < -0.3 is 10.6 Å². The molecule has 1 heterocycles. The van der Waals surface area contributed by atoms with Gasteiger partial charge in [-0.15, -0.1) is 0 Å². The van der Waals surface area contributed by atoms with Crippen molar-refractivity contribution in [3.8, 4) is 0 Å². The molecule has 0 spiro atoms. The fourth-order valence-electron chi connectivity index (χ4n) is 2.94. The van der Waals surface area contributed by atoms with E-state index in [4.69, 9.17) is 5.73 Å². The molecule has 1 amide bonds. The SMILES string of the molecule is C[C@@H](CC(=O)N1CC[C@H](CN)C1)c1ccccc1C(F)(F)F. The minimum Gasteiger partial charge on any atom is -0.342 e. The van der Waals surface area contributed by atoms with Gasteiger partial charge in [-0.25, -0.2) is 0 Å². The van der Waals surface area contributed by atoms with Crippen LogP contribution < -0.4 is 5.73 Å².